The first-order chi connectivity index (χ1) is 8.00. The number of benzene rings is 1. The molecule has 1 fully saturated rings. The van der Waals surface area contributed by atoms with E-state index < -0.39 is 11.9 Å². The summed E-state index contributed by atoms with van der Waals surface area (Å²) < 4.78 is 0. The zero-order valence-electron chi connectivity index (χ0n) is 8.85. The Labute approximate surface area is 103 Å². The average Bonchev–Trinajstić information content (AvgIpc) is 2.75. The van der Waals surface area contributed by atoms with Gasteiger partial charge in [0.2, 0.25) is 0 Å². The van der Waals surface area contributed by atoms with E-state index in [1.54, 1.807) is 6.07 Å². The summed E-state index contributed by atoms with van der Waals surface area (Å²) in [6.45, 7) is 0.350. The van der Waals surface area contributed by atoms with Crippen molar-refractivity contribution in [2.75, 3.05) is 6.54 Å². The molecule has 6 heteroatoms. The third kappa shape index (κ3) is 2.16. The zero-order chi connectivity index (χ0) is 12.6. The topological polar surface area (TPSA) is 89.8 Å². The van der Waals surface area contributed by atoms with Gasteiger partial charge in [-0.1, -0.05) is 17.7 Å². The summed E-state index contributed by atoms with van der Waals surface area (Å²) in [6, 6.07) is 2.78. The summed E-state index contributed by atoms with van der Waals surface area (Å²) >= 11 is 5.65. The van der Waals surface area contributed by atoms with Gasteiger partial charge in [0.25, 0.3) is 0 Å². The highest BCUT2D eigenvalue weighted by Crippen LogP contribution is 2.41. The van der Waals surface area contributed by atoms with Gasteiger partial charge >= 0.3 is 5.97 Å². The number of rotatable bonds is 2. The lowest BCUT2D eigenvalue weighted by Gasteiger charge is -2.13. The SMILES string of the molecule is O=C(O)C1CNC(c2ccc(Cl)c(O)c2O)C1. The molecule has 1 heterocycles. The quantitative estimate of drug-likeness (QED) is 0.603. The van der Waals surface area contributed by atoms with Crippen molar-refractivity contribution in [3.63, 3.8) is 0 Å². The molecule has 2 atom stereocenters. The van der Waals surface area contributed by atoms with E-state index in [0.717, 1.165) is 0 Å². The van der Waals surface area contributed by atoms with Crippen LogP contribution in [0.3, 0.4) is 0 Å². The first-order valence-electron chi connectivity index (χ1n) is 5.17. The van der Waals surface area contributed by atoms with Crippen LogP contribution in [0.25, 0.3) is 0 Å². The van der Waals surface area contributed by atoms with Crippen LogP contribution in [-0.2, 0) is 4.79 Å². The Hall–Kier alpha value is -1.46. The number of carbonyl (C=O) groups is 1. The monoisotopic (exact) mass is 257 g/mol. The highest BCUT2D eigenvalue weighted by atomic mass is 35.5. The molecule has 4 N–H and O–H groups in total. The van der Waals surface area contributed by atoms with Crippen LogP contribution in [-0.4, -0.2) is 27.8 Å². The summed E-state index contributed by atoms with van der Waals surface area (Å²) in [7, 11) is 0. The molecule has 0 spiro atoms. The molecule has 0 aliphatic carbocycles. The molecule has 1 aromatic rings. The summed E-state index contributed by atoms with van der Waals surface area (Å²) in [5.74, 6) is -2.00. The molecular formula is C11H12ClNO4. The third-order valence-electron chi connectivity index (χ3n) is 2.99. The predicted octanol–water partition coefficient (Wildman–Crippen LogP) is 1.49. The van der Waals surface area contributed by atoms with Gasteiger partial charge < -0.3 is 20.6 Å². The fourth-order valence-corrected chi connectivity index (χ4v) is 2.17. The van der Waals surface area contributed by atoms with Crippen molar-refractivity contribution in [1.29, 1.82) is 0 Å². The highest BCUT2D eigenvalue weighted by Gasteiger charge is 2.32. The molecule has 5 nitrogen and oxygen atoms in total. The van der Waals surface area contributed by atoms with Gasteiger partial charge in [0.1, 0.15) is 0 Å². The predicted molar refractivity (Wildman–Crippen MR) is 61.3 cm³/mol. The molecule has 2 rings (SSSR count). The Bertz CT molecular complexity index is 463. The third-order valence-corrected chi connectivity index (χ3v) is 3.29. The first-order valence-corrected chi connectivity index (χ1v) is 5.55. The maximum absolute atomic E-state index is 10.8. The normalized spacial score (nSPS) is 23.8. The second-order valence-electron chi connectivity index (χ2n) is 4.07. The molecule has 0 amide bonds. The van der Waals surface area contributed by atoms with Crippen LogP contribution in [0.2, 0.25) is 5.02 Å². The maximum Gasteiger partial charge on any atom is 0.307 e. The minimum Gasteiger partial charge on any atom is -0.504 e. The van der Waals surface area contributed by atoms with Crippen LogP contribution in [0, 0.1) is 5.92 Å². The Morgan fingerprint density at radius 1 is 1.35 bits per heavy atom. The van der Waals surface area contributed by atoms with Gasteiger partial charge in [-0.2, -0.15) is 0 Å². The molecule has 0 saturated carbocycles. The Balaban J connectivity index is 2.25. The number of aliphatic carboxylic acids is 1. The highest BCUT2D eigenvalue weighted by molar-refractivity contribution is 6.32. The summed E-state index contributed by atoms with van der Waals surface area (Å²) in [5.41, 5.74) is 0.468. The van der Waals surface area contributed by atoms with E-state index in [2.05, 4.69) is 5.32 Å². The number of hydrogen-bond acceptors (Lipinski definition) is 4. The fraction of sp³-hybridized carbons (Fsp3) is 0.364. The molecule has 1 aromatic carbocycles. The van der Waals surface area contributed by atoms with Crippen LogP contribution in [0.1, 0.15) is 18.0 Å². The van der Waals surface area contributed by atoms with Crippen molar-refractivity contribution >= 4 is 17.6 Å². The smallest absolute Gasteiger partial charge is 0.307 e. The van der Waals surface area contributed by atoms with E-state index >= 15 is 0 Å². The van der Waals surface area contributed by atoms with Gasteiger partial charge in [0, 0.05) is 18.2 Å². The molecule has 92 valence electrons. The molecule has 1 aliphatic heterocycles. The summed E-state index contributed by atoms with van der Waals surface area (Å²) in [4.78, 5) is 10.8. The molecule has 17 heavy (non-hydrogen) atoms. The van der Waals surface area contributed by atoms with E-state index in [-0.39, 0.29) is 22.6 Å². The molecule has 0 bridgehead atoms. The van der Waals surface area contributed by atoms with Crippen LogP contribution >= 0.6 is 11.6 Å². The van der Waals surface area contributed by atoms with Gasteiger partial charge in [-0.05, 0) is 12.5 Å². The van der Waals surface area contributed by atoms with Gasteiger partial charge in [0.05, 0.1) is 10.9 Å². The lowest BCUT2D eigenvalue weighted by atomic mass is 9.99. The van der Waals surface area contributed by atoms with Gasteiger partial charge in [-0.15, -0.1) is 0 Å². The molecule has 0 aromatic heterocycles. The number of phenolic OH excluding ortho intramolecular Hbond substituents is 2. The molecule has 0 radical (unpaired) electrons. The fourth-order valence-electron chi connectivity index (χ4n) is 2.01. The number of carboxylic acid groups (broad SMARTS) is 1. The number of hydrogen-bond donors (Lipinski definition) is 4. The Morgan fingerprint density at radius 2 is 2.06 bits per heavy atom. The van der Waals surface area contributed by atoms with Crippen molar-refractivity contribution < 1.29 is 20.1 Å². The van der Waals surface area contributed by atoms with Crippen LogP contribution in [0.4, 0.5) is 0 Å². The standard InChI is InChI=1S/C11H12ClNO4/c12-7-2-1-6(9(14)10(7)15)8-3-5(4-13-8)11(16)17/h1-2,5,8,13-15H,3-4H2,(H,16,17). The number of aromatic hydroxyl groups is 2. The molecule has 2 unspecified atom stereocenters. The summed E-state index contributed by atoms with van der Waals surface area (Å²) in [6.07, 6.45) is 0.379. The zero-order valence-corrected chi connectivity index (χ0v) is 9.61. The summed E-state index contributed by atoms with van der Waals surface area (Å²) in [5, 5.41) is 31.2. The molecule has 1 saturated heterocycles. The second-order valence-corrected chi connectivity index (χ2v) is 4.47. The van der Waals surface area contributed by atoms with Crippen molar-refractivity contribution in [1.82, 2.24) is 5.32 Å². The number of halogens is 1. The van der Waals surface area contributed by atoms with Crippen molar-refractivity contribution in [3.05, 3.63) is 22.7 Å². The van der Waals surface area contributed by atoms with Gasteiger partial charge in [-0.3, -0.25) is 4.79 Å². The van der Waals surface area contributed by atoms with Crippen molar-refractivity contribution in [2.45, 2.75) is 12.5 Å². The van der Waals surface area contributed by atoms with Crippen LogP contribution in [0.15, 0.2) is 12.1 Å². The molecular weight excluding hydrogens is 246 g/mol. The second kappa shape index (κ2) is 4.43. The van der Waals surface area contributed by atoms with Crippen molar-refractivity contribution in [2.24, 2.45) is 5.92 Å². The first kappa shape index (κ1) is 12.0. The van der Waals surface area contributed by atoms with Gasteiger partial charge in [-0.25, -0.2) is 0 Å². The van der Waals surface area contributed by atoms with E-state index in [1.165, 1.54) is 6.07 Å². The van der Waals surface area contributed by atoms with E-state index in [4.69, 9.17) is 16.7 Å². The number of phenols is 2. The lowest BCUT2D eigenvalue weighted by molar-refractivity contribution is -0.141. The lowest BCUT2D eigenvalue weighted by Crippen LogP contribution is -2.17. The average molecular weight is 258 g/mol. The number of nitrogens with one attached hydrogen (secondary N) is 1. The largest absolute Gasteiger partial charge is 0.504 e. The van der Waals surface area contributed by atoms with E-state index in [0.29, 0.717) is 18.5 Å². The minimum absolute atomic E-state index is 0.0685. The minimum atomic E-state index is -0.863. The Kier molecular flexibility index (Phi) is 3.13. The van der Waals surface area contributed by atoms with E-state index in [9.17, 15) is 15.0 Å². The van der Waals surface area contributed by atoms with Crippen LogP contribution < -0.4 is 5.32 Å². The van der Waals surface area contributed by atoms with Gasteiger partial charge in [0.15, 0.2) is 11.5 Å². The molecule has 1 aliphatic rings. The Morgan fingerprint density at radius 3 is 2.65 bits per heavy atom. The van der Waals surface area contributed by atoms with Crippen LogP contribution in [0.5, 0.6) is 11.5 Å². The van der Waals surface area contributed by atoms with Crippen molar-refractivity contribution in [3.8, 4) is 11.5 Å². The number of carboxylic acids is 1. The maximum atomic E-state index is 10.8. The van der Waals surface area contributed by atoms with E-state index in [1.807, 2.05) is 0 Å².